The Labute approximate surface area is 74.2 Å². The lowest BCUT2D eigenvalue weighted by Crippen LogP contribution is -2.37. The minimum atomic E-state index is -0.514. The van der Waals surface area contributed by atoms with Crippen molar-refractivity contribution in [2.24, 2.45) is 5.92 Å². The molecule has 1 aliphatic heterocycles. The van der Waals surface area contributed by atoms with E-state index in [9.17, 15) is 5.11 Å². The molecule has 0 aromatic heterocycles. The van der Waals surface area contributed by atoms with Crippen LogP contribution in [0.3, 0.4) is 0 Å². The van der Waals surface area contributed by atoms with Gasteiger partial charge in [0, 0.05) is 5.92 Å². The summed E-state index contributed by atoms with van der Waals surface area (Å²) in [5.41, 5.74) is -0.514. The van der Waals surface area contributed by atoms with Gasteiger partial charge < -0.3 is 9.84 Å². The van der Waals surface area contributed by atoms with Crippen LogP contribution in [-0.4, -0.2) is 17.3 Å². The van der Waals surface area contributed by atoms with Crippen LogP contribution in [0.4, 0.5) is 0 Å². The molecule has 2 nitrogen and oxygen atoms in total. The highest BCUT2D eigenvalue weighted by Gasteiger charge is 2.32. The second-order valence-corrected chi connectivity index (χ2v) is 3.41. The molecule has 1 atom stereocenters. The Morgan fingerprint density at radius 2 is 2.17 bits per heavy atom. The maximum absolute atomic E-state index is 10.1. The van der Waals surface area contributed by atoms with Crippen LogP contribution in [0.2, 0.25) is 0 Å². The summed E-state index contributed by atoms with van der Waals surface area (Å²) in [6.45, 7) is 4.81. The monoisotopic (exact) mass is 170 g/mol. The molecule has 0 radical (unpaired) electrons. The molecule has 0 amide bonds. The summed E-state index contributed by atoms with van der Waals surface area (Å²) in [4.78, 5) is 0. The lowest BCUT2D eigenvalue weighted by molar-refractivity contribution is -0.0226. The fourth-order valence-corrected chi connectivity index (χ4v) is 1.73. The smallest absolute Gasteiger partial charge is 0.0879 e. The van der Waals surface area contributed by atoms with E-state index < -0.39 is 5.60 Å². The normalized spacial score (nSPS) is 23.8. The molecule has 0 fully saturated rings. The molecular formula is C10H18O2. The lowest BCUT2D eigenvalue weighted by atomic mass is 9.80. The summed E-state index contributed by atoms with van der Waals surface area (Å²) in [7, 11) is 0. The minimum absolute atomic E-state index is 0.279. The molecule has 0 aromatic rings. The Bertz CT molecular complexity index is 159. The molecule has 70 valence electrons. The van der Waals surface area contributed by atoms with E-state index in [-0.39, 0.29) is 5.92 Å². The van der Waals surface area contributed by atoms with Crippen molar-refractivity contribution in [1.29, 1.82) is 0 Å². The van der Waals surface area contributed by atoms with Crippen molar-refractivity contribution in [2.45, 2.75) is 38.7 Å². The Hall–Kier alpha value is -0.500. The Kier molecular flexibility index (Phi) is 3.15. The van der Waals surface area contributed by atoms with E-state index in [1.165, 1.54) is 0 Å². The van der Waals surface area contributed by atoms with Gasteiger partial charge in [0.15, 0.2) is 0 Å². The van der Waals surface area contributed by atoms with Crippen LogP contribution < -0.4 is 0 Å². The molecule has 0 unspecified atom stereocenters. The van der Waals surface area contributed by atoms with Crippen LogP contribution >= 0.6 is 0 Å². The summed E-state index contributed by atoms with van der Waals surface area (Å²) in [6.07, 6.45) is 6.27. The molecule has 1 rings (SSSR count). The van der Waals surface area contributed by atoms with Gasteiger partial charge >= 0.3 is 0 Å². The van der Waals surface area contributed by atoms with Crippen LogP contribution in [0, 0.1) is 5.92 Å². The minimum Gasteiger partial charge on any atom is -0.501 e. The van der Waals surface area contributed by atoms with Gasteiger partial charge in [-0.2, -0.15) is 0 Å². The topological polar surface area (TPSA) is 29.5 Å². The van der Waals surface area contributed by atoms with Crippen molar-refractivity contribution < 1.29 is 9.84 Å². The van der Waals surface area contributed by atoms with Crippen molar-refractivity contribution in [3.63, 3.8) is 0 Å². The second-order valence-electron chi connectivity index (χ2n) is 3.41. The van der Waals surface area contributed by atoms with E-state index in [1.807, 2.05) is 19.9 Å². The van der Waals surface area contributed by atoms with Crippen molar-refractivity contribution in [1.82, 2.24) is 0 Å². The lowest BCUT2D eigenvalue weighted by Gasteiger charge is -2.34. The van der Waals surface area contributed by atoms with Crippen molar-refractivity contribution in [3.8, 4) is 0 Å². The third-order valence-corrected chi connectivity index (χ3v) is 2.87. The van der Waals surface area contributed by atoms with Crippen molar-refractivity contribution >= 4 is 0 Å². The number of rotatable bonds is 3. The second kappa shape index (κ2) is 3.94. The first-order valence-corrected chi connectivity index (χ1v) is 4.73. The quantitative estimate of drug-likeness (QED) is 0.702. The zero-order valence-corrected chi connectivity index (χ0v) is 7.92. The van der Waals surface area contributed by atoms with E-state index >= 15 is 0 Å². The van der Waals surface area contributed by atoms with Crippen LogP contribution in [-0.2, 0) is 4.74 Å². The van der Waals surface area contributed by atoms with Crippen LogP contribution in [0.15, 0.2) is 12.3 Å². The fourth-order valence-electron chi connectivity index (χ4n) is 1.73. The van der Waals surface area contributed by atoms with Gasteiger partial charge in [-0.15, -0.1) is 0 Å². The highest BCUT2D eigenvalue weighted by molar-refractivity contribution is 4.98. The Morgan fingerprint density at radius 1 is 1.50 bits per heavy atom. The Morgan fingerprint density at radius 3 is 2.58 bits per heavy atom. The van der Waals surface area contributed by atoms with Gasteiger partial charge in [0.05, 0.1) is 18.5 Å². The third-order valence-electron chi connectivity index (χ3n) is 2.87. The predicted molar refractivity (Wildman–Crippen MR) is 48.7 cm³/mol. The zero-order chi connectivity index (χ0) is 9.03. The van der Waals surface area contributed by atoms with E-state index in [4.69, 9.17) is 4.74 Å². The van der Waals surface area contributed by atoms with Gasteiger partial charge in [-0.25, -0.2) is 0 Å². The van der Waals surface area contributed by atoms with Crippen LogP contribution in [0.1, 0.15) is 33.1 Å². The number of ether oxygens (including phenoxy) is 1. The van der Waals surface area contributed by atoms with Crippen LogP contribution in [0.25, 0.3) is 0 Å². The molecule has 12 heavy (non-hydrogen) atoms. The molecule has 0 aliphatic carbocycles. The third kappa shape index (κ3) is 1.81. The summed E-state index contributed by atoms with van der Waals surface area (Å²) in [6, 6.07) is 0. The van der Waals surface area contributed by atoms with Gasteiger partial charge in [-0.05, 0) is 25.3 Å². The highest BCUT2D eigenvalue weighted by atomic mass is 16.5. The average molecular weight is 170 g/mol. The zero-order valence-electron chi connectivity index (χ0n) is 7.92. The summed E-state index contributed by atoms with van der Waals surface area (Å²) >= 11 is 0. The number of hydrogen-bond donors (Lipinski definition) is 1. The molecule has 1 aliphatic rings. The maximum atomic E-state index is 10.1. The largest absolute Gasteiger partial charge is 0.501 e. The van der Waals surface area contributed by atoms with Gasteiger partial charge in [-0.3, -0.25) is 0 Å². The van der Waals surface area contributed by atoms with E-state index in [2.05, 4.69) is 0 Å². The fraction of sp³-hybridized carbons (Fsp3) is 0.800. The molecule has 0 spiro atoms. The number of hydrogen-bond acceptors (Lipinski definition) is 2. The highest BCUT2D eigenvalue weighted by Crippen LogP contribution is 2.30. The first-order chi connectivity index (χ1) is 5.73. The molecule has 0 saturated carbocycles. The van der Waals surface area contributed by atoms with Crippen molar-refractivity contribution in [3.05, 3.63) is 12.3 Å². The summed E-state index contributed by atoms with van der Waals surface area (Å²) < 4.78 is 5.09. The molecule has 0 aromatic carbocycles. The first kappa shape index (κ1) is 9.59. The Balaban J connectivity index is 2.64. The first-order valence-electron chi connectivity index (χ1n) is 4.73. The molecule has 0 saturated heterocycles. The van der Waals surface area contributed by atoms with Gasteiger partial charge in [0.1, 0.15) is 0 Å². The van der Waals surface area contributed by atoms with Gasteiger partial charge in [0.25, 0.3) is 0 Å². The van der Waals surface area contributed by atoms with Crippen molar-refractivity contribution in [2.75, 3.05) is 6.61 Å². The van der Waals surface area contributed by atoms with Gasteiger partial charge in [0.2, 0.25) is 0 Å². The molecule has 2 heteroatoms. The van der Waals surface area contributed by atoms with Crippen LogP contribution in [0.5, 0.6) is 0 Å². The summed E-state index contributed by atoms with van der Waals surface area (Å²) in [5, 5.41) is 10.1. The van der Waals surface area contributed by atoms with Gasteiger partial charge in [-0.1, -0.05) is 13.8 Å². The maximum Gasteiger partial charge on any atom is 0.0879 e. The summed E-state index contributed by atoms with van der Waals surface area (Å²) in [5.74, 6) is 0.279. The molecular weight excluding hydrogens is 152 g/mol. The molecule has 1 heterocycles. The van der Waals surface area contributed by atoms with E-state index in [0.29, 0.717) is 0 Å². The average Bonchev–Trinajstić information content (AvgIpc) is 2.18. The number of aliphatic hydroxyl groups is 1. The molecule has 1 N–H and O–H groups in total. The molecule has 0 bridgehead atoms. The predicted octanol–water partition coefficient (Wildman–Crippen LogP) is 2.09. The SMILES string of the molecule is CCC(O)(CC)[C@H]1C=COCC1. The van der Waals surface area contributed by atoms with E-state index in [1.54, 1.807) is 6.26 Å². The standard InChI is InChI=1S/C10H18O2/c1-3-10(11,4-2)9-5-7-12-8-6-9/h5,7,9,11H,3-4,6,8H2,1-2H3/t9-/m0/s1. The van der Waals surface area contributed by atoms with E-state index in [0.717, 1.165) is 25.9 Å².